The summed E-state index contributed by atoms with van der Waals surface area (Å²) in [4.78, 5) is 0. The highest BCUT2D eigenvalue weighted by Crippen LogP contribution is 2.23. The van der Waals surface area contributed by atoms with Gasteiger partial charge in [0.15, 0.2) is 17.4 Å². The minimum Gasteiger partial charge on any atom is -0.488 e. The first kappa shape index (κ1) is 17.4. The molecule has 21 heavy (non-hydrogen) atoms. The van der Waals surface area contributed by atoms with Crippen LogP contribution in [-0.2, 0) is 6.54 Å². The van der Waals surface area contributed by atoms with Crippen LogP contribution in [0.5, 0.6) is 5.75 Å². The number of benzene rings is 1. The van der Waals surface area contributed by atoms with Crippen molar-refractivity contribution in [2.24, 2.45) is 5.73 Å². The van der Waals surface area contributed by atoms with Crippen LogP contribution in [0.1, 0.15) is 18.9 Å². The highest BCUT2D eigenvalue weighted by atomic mass is 19.1. The van der Waals surface area contributed by atoms with Crippen molar-refractivity contribution in [1.82, 2.24) is 10.6 Å². The van der Waals surface area contributed by atoms with Gasteiger partial charge in [0.1, 0.15) is 0 Å². The lowest BCUT2D eigenvalue weighted by Crippen LogP contribution is -2.19. The Morgan fingerprint density at radius 2 is 2.00 bits per heavy atom. The number of nitrogens with one attached hydrogen (secondary N) is 2. The molecule has 0 radical (unpaired) electrons. The van der Waals surface area contributed by atoms with Gasteiger partial charge in [0.25, 0.3) is 0 Å². The van der Waals surface area contributed by atoms with Crippen LogP contribution >= 0.6 is 0 Å². The maximum atomic E-state index is 13.8. The van der Waals surface area contributed by atoms with Gasteiger partial charge in [0, 0.05) is 19.6 Å². The van der Waals surface area contributed by atoms with E-state index < -0.39 is 11.6 Å². The molecule has 4 nitrogen and oxygen atoms in total. The number of ether oxygens (including phenoxy) is 1. The minimum atomic E-state index is -0.682. The van der Waals surface area contributed by atoms with E-state index in [0.717, 1.165) is 5.57 Å². The van der Waals surface area contributed by atoms with E-state index in [2.05, 4.69) is 10.6 Å². The molecule has 0 aliphatic rings. The average molecular weight is 299 g/mol. The molecule has 0 saturated carbocycles. The molecule has 0 atom stereocenters. The highest BCUT2D eigenvalue weighted by molar-refractivity contribution is 5.31. The van der Waals surface area contributed by atoms with Crippen LogP contribution in [0.4, 0.5) is 8.78 Å². The second-order valence-corrected chi connectivity index (χ2v) is 4.65. The van der Waals surface area contributed by atoms with E-state index in [0.29, 0.717) is 31.6 Å². The largest absolute Gasteiger partial charge is 0.488 e. The highest BCUT2D eigenvalue weighted by Gasteiger charge is 2.12. The molecule has 4 N–H and O–H groups in total. The number of hydrogen-bond acceptors (Lipinski definition) is 4. The Balaban J connectivity index is 2.68. The van der Waals surface area contributed by atoms with E-state index in [-0.39, 0.29) is 12.4 Å². The first-order valence-electron chi connectivity index (χ1n) is 6.99. The van der Waals surface area contributed by atoms with Gasteiger partial charge in [-0.15, -0.1) is 0 Å². The molecule has 0 saturated heterocycles. The third kappa shape index (κ3) is 5.69. The summed E-state index contributed by atoms with van der Waals surface area (Å²) >= 11 is 0. The molecule has 0 bridgehead atoms. The third-order valence-electron chi connectivity index (χ3n) is 2.79. The Bertz CT molecular complexity index is 455. The van der Waals surface area contributed by atoms with Crippen molar-refractivity contribution in [3.8, 4) is 5.75 Å². The van der Waals surface area contributed by atoms with Crippen molar-refractivity contribution in [2.75, 3.05) is 26.7 Å². The molecule has 0 aliphatic carbocycles. The predicted molar refractivity (Wildman–Crippen MR) is 80.0 cm³/mol. The van der Waals surface area contributed by atoms with Gasteiger partial charge in [0.2, 0.25) is 0 Å². The van der Waals surface area contributed by atoms with Crippen molar-refractivity contribution in [2.45, 2.75) is 19.9 Å². The standard InChI is InChI=1S/C15H23F2N3O/c1-3-4-21-15-13(16)5-11(6-14(15)17)9-20-10-12(7-18)8-19-2/h5-6,10,19-20H,3-4,7-9,18H2,1-2H3/b12-10-. The molecule has 0 aliphatic heterocycles. The molecule has 0 amide bonds. The first-order chi connectivity index (χ1) is 10.1. The molecule has 118 valence electrons. The summed E-state index contributed by atoms with van der Waals surface area (Å²) in [6.07, 6.45) is 2.45. The molecule has 6 heteroatoms. The Morgan fingerprint density at radius 3 is 2.52 bits per heavy atom. The minimum absolute atomic E-state index is 0.290. The van der Waals surface area contributed by atoms with Crippen molar-refractivity contribution >= 4 is 0 Å². The fourth-order valence-corrected chi connectivity index (χ4v) is 1.78. The SMILES string of the molecule is CCCOc1c(F)cc(CN/C=C(/CN)CNC)cc1F. The van der Waals surface area contributed by atoms with Crippen molar-refractivity contribution in [3.05, 3.63) is 41.1 Å². The van der Waals surface area contributed by atoms with E-state index in [4.69, 9.17) is 10.5 Å². The lowest BCUT2D eigenvalue weighted by molar-refractivity contribution is 0.284. The second-order valence-electron chi connectivity index (χ2n) is 4.65. The van der Waals surface area contributed by atoms with E-state index in [1.807, 2.05) is 14.0 Å². The summed E-state index contributed by atoms with van der Waals surface area (Å²) in [6, 6.07) is 2.55. The Kier molecular flexibility index (Phi) is 7.71. The zero-order valence-corrected chi connectivity index (χ0v) is 12.5. The Labute approximate surface area is 124 Å². The van der Waals surface area contributed by atoms with Gasteiger partial charge in [-0.1, -0.05) is 6.92 Å². The van der Waals surface area contributed by atoms with Crippen LogP contribution in [-0.4, -0.2) is 26.7 Å². The summed E-state index contributed by atoms with van der Waals surface area (Å²) in [7, 11) is 1.82. The van der Waals surface area contributed by atoms with E-state index in [1.54, 1.807) is 6.20 Å². The van der Waals surface area contributed by atoms with E-state index in [1.165, 1.54) is 12.1 Å². The van der Waals surface area contributed by atoms with Crippen molar-refractivity contribution in [3.63, 3.8) is 0 Å². The molecule has 0 heterocycles. The van der Waals surface area contributed by atoms with Gasteiger partial charge in [-0.2, -0.15) is 0 Å². The van der Waals surface area contributed by atoms with Gasteiger partial charge in [-0.3, -0.25) is 0 Å². The third-order valence-corrected chi connectivity index (χ3v) is 2.79. The summed E-state index contributed by atoms with van der Waals surface area (Å²) in [5.41, 5.74) is 7.05. The molecular weight excluding hydrogens is 276 g/mol. The maximum Gasteiger partial charge on any atom is 0.190 e. The molecule has 1 rings (SSSR count). The summed E-state index contributed by atoms with van der Waals surface area (Å²) in [5, 5.41) is 5.99. The first-order valence-corrected chi connectivity index (χ1v) is 6.99. The number of likely N-dealkylation sites (N-methyl/N-ethyl adjacent to an activating group) is 1. The maximum absolute atomic E-state index is 13.8. The second kappa shape index (κ2) is 9.31. The van der Waals surface area contributed by atoms with Crippen LogP contribution in [0.25, 0.3) is 0 Å². The monoisotopic (exact) mass is 299 g/mol. The molecule has 0 spiro atoms. The van der Waals surface area contributed by atoms with Crippen LogP contribution in [0.2, 0.25) is 0 Å². The fourth-order valence-electron chi connectivity index (χ4n) is 1.78. The molecular formula is C15H23F2N3O. The van der Waals surface area contributed by atoms with Crippen LogP contribution in [0.15, 0.2) is 23.9 Å². The number of nitrogens with two attached hydrogens (primary N) is 1. The molecule has 0 unspecified atom stereocenters. The number of halogens is 2. The van der Waals surface area contributed by atoms with Crippen molar-refractivity contribution < 1.29 is 13.5 Å². The summed E-state index contributed by atoms with van der Waals surface area (Å²) in [6.45, 7) is 3.56. The zero-order chi connectivity index (χ0) is 15.7. The lowest BCUT2D eigenvalue weighted by atomic mass is 10.2. The zero-order valence-electron chi connectivity index (χ0n) is 12.5. The lowest BCUT2D eigenvalue weighted by Gasteiger charge is -2.10. The van der Waals surface area contributed by atoms with E-state index in [9.17, 15) is 8.78 Å². The molecule has 0 fully saturated rings. The van der Waals surface area contributed by atoms with Gasteiger partial charge in [-0.05, 0) is 42.9 Å². The molecule has 0 aromatic heterocycles. The average Bonchev–Trinajstić information content (AvgIpc) is 2.45. The van der Waals surface area contributed by atoms with Gasteiger partial charge in [-0.25, -0.2) is 8.78 Å². The summed E-state index contributed by atoms with van der Waals surface area (Å²) < 4.78 is 32.6. The van der Waals surface area contributed by atoms with Gasteiger partial charge >= 0.3 is 0 Å². The van der Waals surface area contributed by atoms with Crippen molar-refractivity contribution in [1.29, 1.82) is 0 Å². The van der Waals surface area contributed by atoms with Gasteiger partial charge in [0.05, 0.1) is 6.61 Å². The Morgan fingerprint density at radius 1 is 1.33 bits per heavy atom. The van der Waals surface area contributed by atoms with E-state index >= 15 is 0 Å². The number of hydrogen-bond donors (Lipinski definition) is 3. The Hall–Kier alpha value is -1.66. The summed E-state index contributed by atoms with van der Waals surface area (Å²) in [5.74, 6) is -1.68. The fraction of sp³-hybridized carbons (Fsp3) is 0.467. The number of rotatable bonds is 9. The molecule has 1 aromatic carbocycles. The predicted octanol–water partition coefficient (Wildman–Crippen LogP) is 1.91. The quantitative estimate of drug-likeness (QED) is 0.652. The van der Waals surface area contributed by atoms with Gasteiger partial charge < -0.3 is 21.1 Å². The topological polar surface area (TPSA) is 59.3 Å². The smallest absolute Gasteiger partial charge is 0.190 e. The molecule has 1 aromatic rings. The normalized spacial score (nSPS) is 11.6. The van der Waals surface area contributed by atoms with Crippen LogP contribution in [0, 0.1) is 11.6 Å². The van der Waals surface area contributed by atoms with Crippen LogP contribution in [0.3, 0.4) is 0 Å². The van der Waals surface area contributed by atoms with Crippen LogP contribution < -0.4 is 21.1 Å².